The van der Waals surface area contributed by atoms with Gasteiger partial charge in [-0.2, -0.15) is 0 Å². The van der Waals surface area contributed by atoms with Crippen molar-refractivity contribution in [1.82, 2.24) is 5.32 Å². The molecule has 3 heteroatoms. The lowest BCUT2D eigenvalue weighted by Crippen LogP contribution is -2.48. The van der Waals surface area contributed by atoms with Crippen LogP contribution in [0, 0.1) is 17.3 Å². The number of carbonyl (C=O) groups excluding carboxylic acids is 1. The van der Waals surface area contributed by atoms with E-state index in [1.807, 2.05) is 0 Å². The second-order valence-corrected chi connectivity index (χ2v) is 7.43. The van der Waals surface area contributed by atoms with Crippen LogP contribution in [-0.2, 0) is 4.79 Å². The quantitative estimate of drug-likeness (QED) is 0.702. The summed E-state index contributed by atoms with van der Waals surface area (Å²) in [5.41, 5.74) is 6.39. The van der Waals surface area contributed by atoms with E-state index in [1.165, 1.54) is 25.7 Å². The van der Waals surface area contributed by atoms with E-state index in [9.17, 15) is 4.79 Å². The van der Waals surface area contributed by atoms with Crippen molar-refractivity contribution in [2.24, 2.45) is 23.0 Å². The van der Waals surface area contributed by atoms with Gasteiger partial charge in [0, 0.05) is 12.6 Å². The molecule has 1 aliphatic carbocycles. The van der Waals surface area contributed by atoms with Crippen molar-refractivity contribution in [3.8, 4) is 0 Å². The molecule has 0 bridgehead atoms. The van der Waals surface area contributed by atoms with Gasteiger partial charge < -0.3 is 11.1 Å². The second-order valence-electron chi connectivity index (χ2n) is 7.43. The molecule has 3 nitrogen and oxygen atoms in total. The van der Waals surface area contributed by atoms with Gasteiger partial charge in [0.05, 0.1) is 5.92 Å². The molecule has 3 N–H and O–H groups in total. The van der Waals surface area contributed by atoms with Crippen LogP contribution in [0.25, 0.3) is 0 Å². The molecule has 3 unspecified atom stereocenters. The molecule has 1 fully saturated rings. The van der Waals surface area contributed by atoms with Crippen LogP contribution in [0.1, 0.15) is 72.6 Å². The van der Waals surface area contributed by atoms with Crippen molar-refractivity contribution in [2.45, 2.75) is 78.7 Å². The van der Waals surface area contributed by atoms with E-state index < -0.39 is 0 Å². The van der Waals surface area contributed by atoms with Crippen molar-refractivity contribution in [2.75, 3.05) is 6.54 Å². The summed E-state index contributed by atoms with van der Waals surface area (Å²) in [6.07, 6.45) is 8.20. The summed E-state index contributed by atoms with van der Waals surface area (Å²) in [4.78, 5) is 12.3. The molecular weight excluding hydrogens is 248 g/mol. The van der Waals surface area contributed by atoms with Crippen molar-refractivity contribution in [3.63, 3.8) is 0 Å². The van der Waals surface area contributed by atoms with Crippen LogP contribution < -0.4 is 11.1 Å². The lowest BCUT2D eigenvalue weighted by Gasteiger charge is -2.34. The Morgan fingerprint density at radius 2 is 2.00 bits per heavy atom. The van der Waals surface area contributed by atoms with Gasteiger partial charge in [0.15, 0.2) is 0 Å². The molecule has 118 valence electrons. The summed E-state index contributed by atoms with van der Waals surface area (Å²) in [5.74, 6) is 0.662. The Labute approximate surface area is 125 Å². The van der Waals surface area contributed by atoms with Gasteiger partial charge in [-0.3, -0.25) is 4.79 Å². The molecule has 0 aromatic rings. The average molecular weight is 282 g/mol. The number of nitrogens with two attached hydrogens (primary N) is 1. The maximum atomic E-state index is 12.3. The topological polar surface area (TPSA) is 55.1 Å². The maximum absolute atomic E-state index is 12.3. The number of hydrogen-bond acceptors (Lipinski definition) is 2. The minimum absolute atomic E-state index is 0.0187. The first-order chi connectivity index (χ1) is 9.37. The van der Waals surface area contributed by atoms with Gasteiger partial charge in [0.2, 0.25) is 5.91 Å². The summed E-state index contributed by atoms with van der Waals surface area (Å²) in [5, 5.41) is 3.15. The van der Waals surface area contributed by atoms with Gasteiger partial charge in [-0.1, -0.05) is 53.4 Å². The zero-order valence-corrected chi connectivity index (χ0v) is 13.9. The molecule has 0 heterocycles. The number of nitrogens with one attached hydrogen (secondary N) is 1. The Kier molecular flexibility index (Phi) is 7.01. The number of amides is 1. The minimum atomic E-state index is 0.0187. The van der Waals surface area contributed by atoms with E-state index in [1.54, 1.807) is 0 Å². The van der Waals surface area contributed by atoms with Crippen LogP contribution in [0.3, 0.4) is 0 Å². The van der Waals surface area contributed by atoms with Crippen LogP contribution in [0.4, 0.5) is 0 Å². The van der Waals surface area contributed by atoms with Gasteiger partial charge >= 0.3 is 0 Å². The molecule has 1 rings (SSSR count). The van der Waals surface area contributed by atoms with Crippen LogP contribution in [0.2, 0.25) is 0 Å². The monoisotopic (exact) mass is 282 g/mol. The SMILES string of the molecule is CCCCCC(C)(C)CNC(=O)C1CCCC(C)C1N. The molecule has 0 aromatic carbocycles. The van der Waals surface area contributed by atoms with Gasteiger partial charge in [0.25, 0.3) is 0 Å². The largest absolute Gasteiger partial charge is 0.355 e. The number of hydrogen-bond donors (Lipinski definition) is 2. The Hall–Kier alpha value is -0.570. The molecule has 20 heavy (non-hydrogen) atoms. The third kappa shape index (κ3) is 5.43. The highest BCUT2D eigenvalue weighted by molar-refractivity contribution is 5.79. The molecular formula is C17H34N2O. The Morgan fingerprint density at radius 1 is 1.30 bits per heavy atom. The highest BCUT2D eigenvalue weighted by Gasteiger charge is 2.33. The first-order valence-electron chi connectivity index (χ1n) is 8.40. The Balaban J connectivity index is 2.38. The van der Waals surface area contributed by atoms with Gasteiger partial charge in [-0.15, -0.1) is 0 Å². The molecule has 1 saturated carbocycles. The predicted molar refractivity (Wildman–Crippen MR) is 85.4 cm³/mol. The van der Waals surface area contributed by atoms with E-state index in [4.69, 9.17) is 5.73 Å². The van der Waals surface area contributed by atoms with Gasteiger partial charge in [0.1, 0.15) is 0 Å². The van der Waals surface area contributed by atoms with Crippen molar-refractivity contribution in [3.05, 3.63) is 0 Å². The molecule has 0 aliphatic heterocycles. The van der Waals surface area contributed by atoms with Crippen LogP contribution >= 0.6 is 0 Å². The summed E-state index contributed by atoms with van der Waals surface area (Å²) >= 11 is 0. The normalized spacial score (nSPS) is 27.4. The highest BCUT2D eigenvalue weighted by atomic mass is 16.1. The third-order valence-corrected chi connectivity index (χ3v) is 4.83. The number of carbonyl (C=O) groups is 1. The van der Waals surface area contributed by atoms with Gasteiger partial charge in [-0.25, -0.2) is 0 Å². The maximum Gasteiger partial charge on any atom is 0.224 e. The molecule has 0 aromatic heterocycles. The van der Waals surface area contributed by atoms with Crippen molar-refractivity contribution >= 4 is 5.91 Å². The summed E-state index contributed by atoms with van der Waals surface area (Å²) < 4.78 is 0. The fourth-order valence-electron chi connectivity index (χ4n) is 3.15. The van der Waals surface area contributed by atoms with Gasteiger partial charge in [-0.05, 0) is 30.6 Å². The summed E-state index contributed by atoms with van der Waals surface area (Å²) in [6.45, 7) is 9.64. The third-order valence-electron chi connectivity index (χ3n) is 4.83. The molecule has 1 amide bonds. The van der Waals surface area contributed by atoms with Crippen LogP contribution in [0.5, 0.6) is 0 Å². The number of rotatable bonds is 7. The van der Waals surface area contributed by atoms with Crippen LogP contribution in [-0.4, -0.2) is 18.5 Å². The lowest BCUT2D eigenvalue weighted by molar-refractivity contribution is -0.127. The smallest absolute Gasteiger partial charge is 0.224 e. The summed E-state index contributed by atoms with van der Waals surface area (Å²) in [7, 11) is 0. The van der Waals surface area contributed by atoms with Crippen molar-refractivity contribution < 1.29 is 4.79 Å². The lowest BCUT2D eigenvalue weighted by atomic mass is 9.77. The zero-order valence-electron chi connectivity index (χ0n) is 13.9. The standard InChI is InChI=1S/C17H34N2O/c1-5-6-7-11-17(3,4)12-19-16(20)14-10-8-9-13(2)15(14)18/h13-15H,5-12,18H2,1-4H3,(H,19,20). The fourth-order valence-corrected chi connectivity index (χ4v) is 3.15. The van der Waals surface area contributed by atoms with E-state index in [-0.39, 0.29) is 23.3 Å². The average Bonchev–Trinajstić information content (AvgIpc) is 2.39. The first-order valence-corrected chi connectivity index (χ1v) is 8.40. The van der Waals surface area contributed by atoms with E-state index in [2.05, 4.69) is 33.0 Å². The summed E-state index contributed by atoms with van der Waals surface area (Å²) in [6, 6.07) is 0.0342. The molecule has 0 radical (unpaired) electrons. The molecule has 3 atom stereocenters. The highest BCUT2D eigenvalue weighted by Crippen LogP contribution is 2.28. The van der Waals surface area contributed by atoms with E-state index in [0.717, 1.165) is 25.8 Å². The molecule has 0 spiro atoms. The van der Waals surface area contributed by atoms with E-state index in [0.29, 0.717) is 5.92 Å². The van der Waals surface area contributed by atoms with E-state index >= 15 is 0 Å². The molecule has 1 aliphatic rings. The molecule has 0 saturated heterocycles. The van der Waals surface area contributed by atoms with Crippen molar-refractivity contribution in [1.29, 1.82) is 0 Å². The first kappa shape index (κ1) is 17.5. The predicted octanol–water partition coefficient (Wildman–Crippen LogP) is 3.47. The second kappa shape index (κ2) is 8.02. The zero-order chi connectivity index (χ0) is 15.2. The Morgan fingerprint density at radius 3 is 2.65 bits per heavy atom. The fraction of sp³-hybridized carbons (Fsp3) is 0.941. The number of unbranched alkanes of at least 4 members (excludes halogenated alkanes) is 2. The minimum Gasteiger partial charge on any atom is -0.355 e. The Bertz CT molecular complexity index is 301. The van der Waals surface area contributed by atoms with Crippen LogP contribution in [0.15, 0.2) is 0 Å².